The quantitative estimate of drug-likeness (QED) is 0.685. The van der Waals surface area contributed by atoms with Crippen molar-refractivity contribution in [2.24, 2.45) is 0 Å². The van der Waals surface area contributed by atoms with Crippen LogP contribution >= 0.6 is 0 Å². The third-order valence-corrected chi connectivity index (χ3v) is 4.15. The highest BCUT2D eigenvalue weighted by molar-refractivity contribution is 7.92. The second-order valence-electron chi connectivity index (χ2n) is 3.52. The lowest BCUT2D eigenvalue weighted by molar-refractivity contribution is 0.346. The van der Waals surface area contributed by atoms with E-state index in [1.807, 2.05) is 6.92 Å². The fraction of sp³-hybridized carbons (Fsp3) is 0.778. The Hall–Kier alpha value is -0.350. The van der Waals surface area contributed by atoms with Gasteiger partial charge in [0.05, 0.1) is 0 Å². The summed E-state index contributed by atoms with van der Waals surface area (Å²) in [5.74, 6) is 0. The predicted octanol–water partition coefficient (Wildman–Crippen LogP) is 1.72. The van der Waals surface area contributed by atoms with Gasteiger partial charge in [-0.05, 0) is 19.8 Å². The molecule has 0 amide bonds. The fourth-order valence-electron chi connectivity index (χ4n) is 1.72. The van der Waals surface area contributed by atoms with Gasteiger partial charge in [0.1, 0.15) is 0 Å². The van der Waals surface area contributed by atoms with Gasteiger partial charge in [-0.15, -0.1) is 0 Å². The maximum Gasteiger partial charge on any atom is 0.235 e. The molecule has 1 heterocycles. The highest BCUT2D eigenvalue weighted by Crippen LogP contribution is 2.19. The highest BCUT2D eigenvalue weighted by Gasteiger charge is 2.25. The van der Waals surface area contributed by atoms with Crippen molar-refractivity contribution < 1.29 is 8.42 Å². The minimum absolute atomic E-state index is 0.130. The molecule has 0 aromatic carbocycles. The van der Waals surface area contributed by atoms with Crippen molar-refractivity contribution in [2.75, 3.05) is 6.54 Å². The van der Waals surface area contributed by atoms with Crippen molar-refractivity contribution in [3.63, 3.8) is 0 Å². The van der Waals surface area contributed by atoms with Gasteiger partial charge in [0, 0.05) is 18.0 Å². The van der Waals surface area contributed by atoms with Gasteiger partial charge in [0.2, 0.25) is 10.0 Å². The number of hydrogen-bond acceptors (Lipinski definition) is 2. The number of rotatable bonds is 2. The van der Waals surface area contributed by atoms with Crippen molar-refractivity contribution in [2.45, 2.75) is 38.6 Å². The van der Waals surface area contributed by atoms with Gasteiger partial charge in [-0.2, -0.15) is 4.31 Å². The molecule has 0 bridgehead atoms. The molecule has 1 fully saturated rings. The molecule has 76 valence electrons. The van der Waals surface area contributed by atoms with E-state index in [-0.39, 0.29) is 6.04 Å². The van der Waals surface area contributed by atoms with Crippen LogP contribution in [0.5, 0.6) is 0 Å². The van der Waals surface area contributed by atoms with Crippen LogP contribution in [-0.4, -0.2) is 25.3 Å². The lowest BCUT2D eigenvalue weighted by atomic mass is 10.1. The van der Waals surface area contributed by atoms with Crippen LogP contribution in [0.25, 0.3) is 0 Å². The smallest absolute Gasteiger partial charge is 0.208 e. The monoisotopic (exact) mass is 203 g/mol. The molecule has 1 aliphatic heterocycles. The minimum atomic E-state index is -3.20. The maximum atomic E-state index is 11.5. The van der Waals surface area contributed by atoms with Crippen LogP contribution in [0.15, 0.2) is 12.0 Å². The summed E-state index contributed by atoms with van der Waals surface area (Å²) in [6.45, 7) is 5.96. The van der Waals surface area contributed by atoms with Crippen molar-refractivity contribution in [1.82, 2.24) is 4.31 Å². The Balaban J connectivity index is 2.81. The Labute approximate surface area is 80.5 Å². The van der Waals surface area contributed by atoms with Gasteiger partial charge in [0.15, 0.2) is 0 Å². The van der Waals surface area contributed by atoms with E-state index in [2.05, 4.69) is 6.58 Å². The third kappa shape index (κ3) is 2.54. The lowest BCUT2D eigenvalue weighted by Gasteiger charge is -2.24. The van der Waals surface area contributed by atoms with Crippen LogP contribution < -0.4 is 0 Å². The molecule has 4 heteroatoms. The molecule has 0 N–H and O–H groups in total. The second kappa shape index (κ2) is 4.24. The van der Waals surface area contributed by atoms with Crippen molar-refractivity contribution in [1.29, 1.82) is 0 Å². The van der Waals surface area contributed by atoms with Crippen LogP contribution in [0.4, 0.5) is 0 Å². The normalized spacial score (nSPS) is 26.7. The van der Waals surface area contributed by atoms with Crippen LogP contribution in [0, 0.1) is 0 Å². The van der Waals surface area contributed by atoms with Crippen LogP contribution in [0.2, 0.25) is 0 Å². The molecule has 1 saturated heterocycles. The van der Waals surface area contributed by atoms with Gasteiger partial charge in [0.25, 0.3) is 0 Å². The van der Waals surface area contributed by atoms with Crippen molar-refractivity contribution >= 4 is 10.0 Å². The highest BCUT2D eigenvalue weighted by atomic mass is 32.2. The molecular formula is C9H17NO2S. The van der Waals surface area contributed by atoms with Gasteiger partial charge in [-0.1, -0.05) is 19.4 Å². The molecule has 1 rings (SSSR count). The molecule has 0 aliphatic carbocycles. The van der Waals surface area contributed by atoms with E-state index >= 15 is 0 Å². The molecule has 0 radical (unpaired) electrons. The molecule has 0 aromatic rings. The summed E-state index contributed by atoms with van der Waals surface area (Å²) in [7, 11) is -3.20. The van der Waals surface area contributed by atoms with Crippen LogP contribution in [0.1, 0.15) is 32.6 Å². The molecule has 0 spiro atoms. The van der Waals surface area contributed by atoms with E-state index in [1.165, 1.54) is 0 Å². The number of sulfonamides is 1. The Bertz CT molecular complexity index is 271. The van der Waals surface area contributed by atoms with E-state index < -0.39 is 10.0 Å². The van der Waals surface area contributed by atoms with Gasteiger partial charge < -0.3 is 0 Å². The molecule has 0 saturated carbocycles. The molecule has 1 atom stereocenters. The van der Waals surface area contributed by atoms with E-state index in [4.69, 9.17) is 0 Å². The zero-order chi connectivity index (χ0) is 9.90. The number of nitrogens with zero attached hydrogens (tertiary/aromatic N) is 1. The average Bonchev–Trinajstić information content (AvgIpc) is 2.30. The summed E-state index contributed by atoms with van der Waals surface area (Å²) in [5.41, 5.74) is 0. The summed E-state index contributed by atoms with van der Waals surface area (Å²) in [6, 6.07) is 0.130. The summed E-state index contributed by atoms with van der Waals surface area (Å²) < 4.78 is 24.6. The van der Waals surface area contributed by atoms with Gasteiger partial charge in [-0.3, -0.25) is 0 Å². The zero-order valence-corrected chi connectivity index (χ0v) is 8.89. The SMILES string of the molecule is C=CS(=O)(=O)N1CCCCCC1C. The summed E-state index contributed by atoms with van der Waals surface area (Å²) in [4.78, 5) is 0. The Morgan fingerprint density at radius 1 is 1.38 bits per heavy atom. The predicted molar refractivity (Wildman–Crippen MR) is 53.8 cm³/mol. The first-order valence-electron chi connectivity index (χ1n) is 4.72. The lowest BCUT2D eigenvalue weighted by Crippen LogP contribution is -2.36. The maximum absolute atomic E-state index is 11.5. The summed E-state index contributed by atoms with van der Waals surface area (Å²) in [6.07, 6.45) is 4.20. The van der Waals surface area contributed by atoms with Crippen molar-refractivity contribution in [3.8, 4) is 0 Å². The Kier molecular flexibility index (Phi) is 3.50. The van der Waals surface area contributed by atoms with Crippen molar-refractivity contribution in [3.05, 3.63) is 12.0 Å². The molecular weight excluding hydrogens is 186 g/mol. The third-order valence-electron chi connectivity index (χ3n) is 2.53. The van der Waals surface area contributed by atoms with Crippen LogP contribution in [-0.2, 0) is 10.0 Å². The fourth-order valence-corrected chi connectivity index (χ4v) is 2.90. The van der Waals surface area contributed by atoms with E-state index in [0.29, 0.717) is 6.54 Å². The van der Waals surface area contributed by atoms with E-state index in [9.17, 15) is 8.42 Å². The standard InChI is InChI=1S/C9H17NO2S/c1-3-13(11,12)10-8-6-4-5-7-9(10)2/h3,9H,1,4-8H2,2H3. The Morgan fingerprint density at radius 2 is 2.08 bits per heavy atom. The van der Waals surface area contributed by atoms with Gasteiger partial charge in [-0.25, -0.2) is 8.42 Å². The van der Waals surface area contributed by atoms with E-state index in [1.54, 1.807) is 4.31 Å². The molecule has 13 heavy (non-hydrogen) atoms. The first kappa shape index (κ1) is 10.7. The zero-order valence-electron chi connectivity index (χ0n) is 8.07. The largest absolute Gasteiger partial charge is 0.235 e. The average molecular weight is 203 g/mol. The van der Waals surface area contributed by atoms with E-state index in [0.717, 1.165) is 31.1 Å². The Morgan fingerprint density at radius 3 is 2.69 bits per heavy atom. The van der Waals surface area contributed by atoms with Gasteiger partial charge >= 0.3 is 0 Å². The molecule has 0 aromatic heterocycles. The minimum Gasteiger partial charge on any atom is -0.208 e. The summed E-state index contributed by atoms with van der Waals surface area (Å²) in [5, 5.41) is 1.05. The summed E-state index contributed by atoms with van der Waals surface area (Å²) >= 11 is 0. The van der Waals surface area contributed by atoms with Crippen LogP contribution in [0.3, 0.4) is 0 Å². The first-order valence-corrected chi connectivity index (χ1v) is 6.22. The molecule has 1 aliphatic rings. The molecule has 3 nitrogen and oxygen atoms in total. The molecule has 1 unspecified atom stereocenters. The second-order valence-corrected chi connectivity index (χ2v) is 5.35. The topological polar surface area (TPSA) is 37.4 Å². The first-order chi connectivity index (χ1) is 6.08. The number of hydrogen-bond donors (Lipinski definition) is 0.